The van der Waals surface area contributed by atoms with E-state index in [9.17, 15) is 9.18 Å². The molecule has 3 aromatic rings. The summed E-state index contributed by atoms with van der Waals surface area (Å²) < 4.78 is 18.4. The van der Waals surface area contributed by atoms with Gasteiger partial charge in [-0.1, -0.05) is 23.9 Å². The Bertz CT molecular complexity index is 934. The smallest absolute Gasteiger partial charge is 0.277 e. The highest BCUT2D eigenvalue weighted by molar-refractivity contribution is 7.99. The number of nitriles is 1. The first-order valence-corrected chi connectivity index (χ1v) is 8.15. The molecule has 6 nitrogen and oxygen atoms in total. The molecule has 1 heterocycles. The number of thioether (sulfide) groups is 1. The van der Waals surface area contributed by atoms with Gasteiger partial charge in [0.1, 0.15) is 11.9 Å². The van der Waals surface area contributed by atoms with Gasteiger partial charge in [0.25, 0.3) is 5.22 Å². The molecule has 3 rings (SSSR count). The van der Waals surface area contributed by atoms with Gasteiger partial charge in [-0.15, -0.1) is 10.2 Å². The fourth-order valence-corrected chi connectivity index (χ4v) is 2.54. The van der Waals surface area contributed by atoms with Crippen LogP contribution >= 0.6 is 11.8 Å². The average Bonchev–Trinajstić information content (AvgIpc) is 3.10. The number of halogens is 1. The number of carbonyl (C=O) groups excluding carboxylic acids is 1. The van der Waals surface area contributed by atoms with Crippen molar-refractivity contribution in [3.05, 3.63) is 59.9 Å². The van der Waals surface area contributed by atoms with Gasteiger partial charge in [-0.05, 0) is 36.4 Å². The van der Waals surface area contributed by atoms with Crippen LogP contribution in [-0.4, -0.2) is 21.9 Å². The van der Waals surface area contributed by atoms with Crippen LogP contribution in [0.1, 0.15) is 5.56 Å². The number of benzene rings is 2. The van der Waals surface area contributed by atoms with Crippen molar-refractivity contribution in [1.82, 2.24) is 10.2 Å². The lowest BCUT2D eigenvalue weighted by atomic mass is 10.2. The minimum absolute atomic E-state index is 0.0464. The van der Waals surface area contributed by atoms with Crippen LogP contribution in [0.2, 0.25) is 0 Å². The molecule has 0 saturated heterocycles. The molecule has 0 spiro atoms. The summed E-state index contributed by atoms with van der Waals surface area (Å²) in [6.45, 7) is 0. The zero-order valence-corrected chi connectivity index (χ0v) is 13.6. The van der Waals surface area contributed by atoms with Crippen LogP contribution in [0, 0.1) is 17.1 Å². The molecule has 1 aromatic heterocycles. The summed E-state index contributed by atoms with van der Waals surface area (Å²) in [5, 5.41) is 19.6. The van der Waals surface area contributed by atoms with Crippen LogP contribution in [0.5, 0.6) is 0 Å². The third-order valence-electron chi connectivity index (χ3n) is 3.15. The zero-order chi connectivity index (χ0) is 17.6. The Kier molecular flexibility index (Phi) is 5.06. The van der Waals surface area contributed by atoms with Crippen LogP contribution in [0.25, 0.3) is 11.5 Å². The second kappa shape index (κ2) is 7.59. The van der Waals surface area contributed by atoms with E-state index in [1.807, 2.05) is 6.07 Å². The predicted molar refractivity (Wildman–Crippen MR) is 90.2 cm³/mol. The Balaban J connectivity index is 1.59. The third-order valence-corrected chi connectivity index (χ3v) is 3.96. The Hall–Kier alpha value is -3.18. The first-order chi connectivity index (χ1) is 12.2. The molecule has 8 heteroatoms. The average molecular weight is 354 g/mol. The second-order valence-electron chi connectivity index (χ2n) is 4.87. The summed E-state index contributed by atoms with van der Waals surface area (Å²) in [7, 11) is 0. The molecule has 0 fully saturated rings. The van der Waals surface area contributed by atoms with Gasteiger partial charge in [-0.2, -0.15) is 5.26 Å². The van der Waals surface area contributed by atoms with Gasteiger partial charge in [0.15, 0.2) is 0 Å². The fraction of sp³-hybridized carbons (Fsp3) is 0.0588. The van der Waals surface area contributed by atoms with E-state index < -0.39 is 0 Å². The standard InChI is InChI=1S/C17H11FN4O2S/c18-13-7-5-11(6-8-13)16-21-22-17(24-16)25-10-15(23)20-14-4-2-1-3-12(14)9-19/h1-8H,10H2,(H,20,23). The summed E-state index contributed by atoms with van der Waals surface area (Å²) in [5.41, 5.74) is 1.43. The van der Waals surface area contributed by atoms with E-state index in [1.54, 1.807) is 24.3 Å². The molecule has 0 aliphatic rings. The Labute approximate surface area is 146 Å². The molecule has 0 radical (unpaired) electrons. The number of para-hydroxylation sites is 1. The minimum atomic E-state index is -0.354. The van der Waals surface area contributed by atoms with Crippen molar-refractivity contribution in [2.24, 2.45) is 0 Å². The fourth-order valence-electron chi connectivity index (χ4n) is 1.98. The number of anilines is 1. The lowest BCUT2D eigenvalue weighted by molar-refractivity contribution is -0.113. The molecule has 0 bridgehead atoms. The number of rotatable bonds is 5. The van der Waals surface area contributed by atoms with E-state index in [0.717, 1.165) is 11.8 Å². The van der Waals surface area contributed by atoms with Crippen LogP contribution in [0.3, 0.4) is 0 Å². The first-order valence-electron chi connectivity index (χ1n) is 7.17. The second-order valence-corrected chi connectivity index (χ2v) is 5.80. The first kappa shape index (κ1) is 16.7. The molecule has 0 aliphatic heterocycles. The molecule has 1 N–H and O–H groups in total. The van der Waals surface area contributed by atoms with Gasteiger partial charge >= 0.3 is 0 Å². The maximum Gasteiger partial charge on any atom is 0.277 e. The number of aromatic nitrogens is 2. The zero-order valence-electron chi connectivity index (χ0n) is 12.8. The number of hydrogen-bond acceptors (Lipinski definition) is 6. The summed E-state index contributed by atoms with van der Waals surface area (Å²) in [5.74, 6) is -0.357. The van der Waals surface area contributed by atoms with Gasteiger partial charge in [0, 0.05) is 5.56 Å². The maximum absolute atomic E-state index is 12.9. The minimum Gasteiger partial charge on any atom is -0.411 e. The van der Waals surface area contributed by atoms with Gasteiger partial charge < -0.3 is 9.73 Å². The quantitative estimate of drug-likeness (QED) is 0.705. The van der Waals surface area contributed by atoms with E-state index in [0.29, 0.717) is 16.8 Å². The van der Waals surface area contributed by atoms with Crippen LogP contribution < -0.4 is 5.32 Å². The largest absolute Gasteiger partial charge is 0.411 e. The highest BCUT2D eigenvalue weighted by Crippen LogP contribution is 2.23. The Morgan fingerprint density at radius 1 is 1.20 bits per heavy atom. The Morgan fingerprint density at radius 2 is 1.96 bits per heavy atom. The van der Waals surface area contributed by atoms with Crippen LogP contribution in [0.15, 0.2) is 58.2 Å². The van der Waals surface area contributed by atoms with Crippen molar-refractivity contribution in [3.8, 4) is 17.5 Å². The Morgan fingerprint density at radius 3 is 2.72 bits per heavy atom. The van der Waals surface area contributed by atoms with Crippen LogP contribution in [0.4, 0.5) is 10.1 Å². The summed E-state index contributed by atoms with van der Waals surface area (Å²) >= 11 is 1.07. The number of carbonyl (C=O) groups is 1. The molecular formula is C17H11FN4O2S. The lowest BCUT2D eigenvalue weighted by Crippen LogP contribution is -2.14. The molecule has 124 valence electrons. The van der Waals surface area contributed by atoms with Crippen molar-refractivity contribution in [2.45, 2.75) is 5.22 Å². The topological polar surface area (TPSA) is 91.8 Å². The molecule has 1 amide bonds. The summed E-state index contributed by atoms with van der Waals surface area (Å²) in [6, 6.07) is 14.4. The maximum atomic E-state index is 12.9. The summed E-state index contributed by atoms with van der Waals surface area (Å²) in [4.78, 5) is 12.0. The molecule has 2 aromatic carbocycles. The number of nitrogens with one attached hydrogen (secondary N) is 1. The molecule has 25 heavy (non-hydrogen) atoms. The van der Waals surface area contributed by atoms with Crippen LogP contribution in [-0.2, 0) is 4.79 Å². The van der Waals surface area contributed by atoms with E-state index in [-0.39, 0.29) is 28.6 Å². The van der Waals surface area contributed by atoms with E-state index >= 15 is 0 Å². The predicted octanol–water partition coefficient (Wildman–Crippen LogP) is 3.48. The van der Waals surface area contributed by atoms with Crippen molar-refractivity contribution in [1.29, 1.82) is 5.26 Å². The van der Waals surface area contributed by atoms with Gasteiger partial charge in [-0.3, -0.25) is 4.79 Å². The molecule has 0 aliphatic carbocycles. The third kappa shape index (κ3) is 4.22. The molecule has 0 unspecified atom stereocenters. The molecule has 0 atom stereocenters. The van der Waals surface area contributed by atoms with Gasteiger partial charge in [0.05, 0.1) is 17.0 Å². The summed E-state index contributed by atoms with van der Waals surface area (Å²) in [6.07, 6.45) is 0. The van der Waals surface area contributed by atoms with Crippen molar-refractivity contribution in [3.63, 3.8) is 0 Å². The normalized spacial score (nSPS) is 10.2. The number of amides is 1. The van der Waals surface area contributed by atoms with Gasteiger partial charge in [-0.25, -0.2) is 4.39 Å². The van der Waals surface area contributed by atoms with Crippen molar-refractivity contribution >= 4 is 23.4 Å². The van der Waals surface area contributed by atoms with E-state index in [4.69, 9.17) is 9.68 Å². The number of hydrogen-bond donors (Lipinski definition) is 1. The van der Waals surface area contributed by atoms with E-state index in [2.05, 4.69) is 15.5 Å². The monoisotopic (exact) mass is 354 g/mol. The van der Waals surface area contributed by atoms with Gasteiger partial charge in [0.2, 0.25) is 11.8 Å². The highest BCUT2D eigenvalue weighted by Gasteiger charge is 2.12. The highest BCUT2D eigenvalue weighted by atomic mass is 32.2. The molecular weight excluding hydrogens is 343 g/mol. The van der Waals surface area contributed by atoms with E-state index in [1.165, 1.54) is 24.3 Å². The lowest BCUT2D eigenvalue weighted by Gasteiger charge is -2.05. The molecule has 0 saturated carbocycles. The SMILES string of the molecule is N#Cc1ccccc1NC(=O)CSc1nnc(-c2ccc(F)cc2)o1. The van der Waals surface area contributed by atoms with Crippen molar-refractivity contribution < 1.29 is 13.6 Å². The number of nitrogens with zero attached hydrogens (tertiary/aromatic N) is 3. The van der Waals surface area contributed by atoms with Crippen molar-refractivity contribution in [2.75, 3.05) is 11.1 Å².